The molecule has 0 aliphatic carbocycles. The molecule has 0 saturated carbocycles. The summed E-state index contributed by atoms with van der Waals surface area (Å²) in [5.74, 6) is 1.76. The summed E-state index contributed by atoms with van der Waals surface area (Å²) in [5, 5.41) is 0. The highest BCUT2D eigenvalue weighted by Crippen LogP contribution is 2.30. The molecule has 4 heteroatoms. The minimum absolute atomic E-state index is 0.782. The van der Waals surface area contributed by atoms with Gasteiger partial charge in [-0.15, -0.1) is 11.8 Å². The summed E-state index contributed by atoms with van der Waals surface area (Å²) in [6.07, 6.45) is 0. The fourth-order valence-corrected chi connectivity index (χ4v) is 2.88. The molecule has 2 N–H and O–H groups in total. The number of nitrogens with zero attached hydrogens (tertiary/aromatic N) is 1. The maximum Gasteiger partial charge on any atom is 0.118 e. The van der Waals surface area contributed by atoms with Crippen molar-refractivity contribution in [2.24, 2.45) is 0 Å². The molecule has 1 heterocycles. The van der Waals surface area contributed by atoms with Crippen molar-refractivity contribution in [2.75, 3.05) is 12.8 Å². The Hall–Kier alpha value is -1.68. The van der Waals surface area contributed by atoms with Crippen LogP contribution in [-0.2, 0) is 5.75 Å². The number of nitrogen functional groups attached to an aromatic ring is 1. The number of hydrogen-bond donors (Lipinski definition) is 1. The zero-order valence-corrected chi connectivity index (χ0v) is 12.3. The number of methoxy groups -OCH3 is 1. The average Bonchev–Trinajstić information content (AvgIpc) is 2.41. The van der Waals surface area contributed by atoms with E-state index < -0.39 is 0 Å². The van der Waals surface area contributed by atoms with Crippen molar-refractivity contribution in [3.63, 3.8) is 0 Å². The van der Waals surface area contributed by atoms with Gasteiger partial charge in [0.25, 0.3) is 0 Å². The lowest BCUT2D eigenvalue weighted by molar-refractivity contribution is 0.414. The second-order valence-corrected chi connectivity index (χ2v) is 5.41. The lowest BCUT2D eigenvalue weighted by Crippen LogP contribution is -1.97. The topological polar surface area (TPSA) is 48.1 Å². The van der Waals surface area contributed by atoms with Gasteiger partial charge >= 0.3 is 0 Å². The van der Waals surface area contributed by atoms with E-state index in [0.717, 1.165) is 33.5 Å². The standard InChI is InChI=1S/C15H18N2OS/c1-10-8-14(15(16)11(2)17-10)19-9-12-4-6-13(18-3)7-5-12/h4-8H,9,16H2,1-3H3. The average molecular weight is 274 g/mol. The Bertz CT molecular complexity index is 567. The van der Waals surface area contributed by atoms with Gasteiger partial charge in [0.15, 0.2) is 0 Å². The predicted molar refractivity (Wildman–Crippen MR) is 80.7 cm³/mol. The van der Waals surface area contributed by atoms with Crippen LogP contribution in [0, 0.1) is 13.8 Å². The summed E-state index contributed by atoms with van der Waals surface area (Å²) >= 11 is 1.74. The summed E-state index contributed by atoms with van der Waals surface area (Å²) in [6.45, 7) is 3.93. The van der Waals surface area contributed by atoms with E-state index in [9.17, 15) is 0 Å². The first-order valence-corrected chi connectivity index (χ1v) is 7.08. The number of thioether (sulfide) groups is 1. The second kappa shape index (κ2) is 5.97. The highest BCUT2D eigenvalue weighted by Gasteiger charge is 2.06. The Morgan fingerprint density at radius 2 is 1.89 bits per heavy atom. The Morgan fingerprint density at radius 1 is 1.21 bits per heavy atom. The Kier molecular flexibility index (Phi) is 4.32. The van der Waals surface area contributed by atoms with Crippen LogP contribution in [0.1, 0.15) is 17.0 Å². The third-order valence-electron chi connectivity index (χ3n) is 2.89. The van der Waals surface area contributed by atoms with Crippen molar-refractivity contribution in [3.8, 4) is 5.75 Å². The first kappa shape index (κ1) is 13.7. The molecule has 0 atom stereocenters. The SMILES string of the molecule is COc1ccc(CSc2cc(C)nc(C)c2N)cc1. The molecule has 0 saturated heterocycles. The monoisotopic (exact) mass is 274 g/mol. The molecule has 3 nitrogen and oxygen atoms in total. The van der Waals surface area contributed by atoms with E-state index in [1.165, 1.54) is 5.56 Å². The predicted octanol–water partition coefficient (Wildman–Crippen LogP) is 3.58. The molecule has 100 valence electrons. The largest absolute Gasteiger partial charge is 0.497 e. The van der Waals surface area contributed by atoms with Crippen LogP contribution in [-0.4, -0.2) is 12.1 Å². The van der Waals surface area contributed by atoms with Crippen LogP contribution in [0.25, 0.3) is 0 Å². The van der Waals surface area contributed by atoms with Gasteiger partial charge in [-0.05, 0) is 37.6 Å². The third kappa shape index (κ3) is 3.41. The highest BCUT2D eigenvalue weighted by atomic mass is 32.2. The number of hydrogen-bond acceptors (Lipinski definition) is 4. The number of aromatic nitrogens is 1. The molecule has 1 aromatic heterocycles. The molecule has 2 rings (SSSR count). The Balaban J connectivity index is 2.09. The van der Waals surface area contributed by atoms with Gasteiger partial charge in [0.1, 0.15) is 5.75 Å². The van der Waals surface area contributed by atoms with Gasteiger partial charge in [-0.3, -0.25) is 4.98 Å². The van der Waals surface area contributed by atoms with E-state index in [-0.39, 0.29) is 0 Å². The molecule has 0 fully saturated rings. The molecule has 0 bridgehead atoms. The first-order valence-electron chi connectivity index (χ1n) is 6.09. The van der Waals surface area contributed by atoms with Crippen LogP contribution in [0.15, 0.2) is 35.2 Å². The number of ether oxygens (including phenoxy) is 1. The maximum absolute atomic E-state index is 6.06. The fraction of sp³-hybridized carbons (Fsp3) is 0.267. The van der Waals surface area contributed by atoms with Crippen molar-refractivity contribution in [2.45, 2.75) is 24.5 Å². The zero-order valence-electron chi connectivity index (χ0n) is 11.4. The molecule has 0 aliphatic rings. The van der Waals surface area contributed by atoms with Gasteiger partial charge in [-0.1, -0.05) is 12.1 Å². The summed E-state index contributed by atoms with van der Waals surface area (Å²) in [5.41, 5.74) is 9.99. The minimum atomic E-state index is 0.782. The normalized spacial score (nSPS) is 10.5. The molecule has 0 spiro atoms. The van der Waals surface area contributed by atoms with Crippen LogP contribution in [0.2, 0.25) is 0 Å². The van der Waals surface area contributed by atoms with Gasteiger partial charge in [0, 0.05) is 16.3 Å². The van der Waals surface area contributed by atoms with E-state index in [4.69, 9.17) is 10.5 Å². The number of benzene rings is 1. The van der Waals surface area contributed by atoms with Crippen LogP contribution in [0.3, 0.4) is 0 Å². The summed E-state index contributed by atoms with van der Waals surface area (Å²) in [6, 6.07) is 10.1. The van der Waals surface area contributed by atoms with E-state index in [1.807, 2.05) is 32.0 Å². The smallest absolute Gasteiger partial charge is 0.118 e. The van der Waals surface area contributed by atoms with E-state index in [0.29, 0.717) is 0 Å². The van der Waals surface area contributed by atoms with Crippen LogP contribution >= 0.6 is 11.8 Å². The molecule has 1 aromatic carbocycles. The van der Waals surface area contributed by atoms with Crippen molar-refractivity contribution in [3.05, 3.63) is 47.3 Å². The molecular formula is C15H18N2OS. The number of pyridine rings is 1. The quantitative estimate of drug-likeness (QED) is 0.866. The first-order chi connectivity index (χ1) is 9.10. The van der Waals surface area contributed by atoms with Crippen molar-refractivity contribution in [1.82, 2.24) is 4.98 Å². The third-order valence-corrected chi connectivity index (χ3v) is 4.02. The maximum atomic E-state index is 6.06. The summed E-state index contributed by atoms with van der Waals surface area (Å²) in [4.78, 5) is 5.45. The minimum Gasteiger partial charge on any atom is -0.497 e. The van der Waals surface area contributed by atoms with Crippen LogP contribution in [0.4, 0.5) is 5.69 Å². The van der Waals surface area contributed by atoms with E-state index >= 15 is 0 Å². The Labute approximate surface area is 118 Å². The van der Waals surface area contributed by atoms with Gasteiger partial charge in [-0.2, -0.15) is 0 Å². The number of aryl methyl sites for hydroxylation is 2. The highest BCUT2D eigenvalue weighted by molar-refractivity contribution is 7.98. The van der Waals surface area contributed by atoms with E-state index in [2.05, 4.69) is 17.1 Å². The fourth-order valence-electron chi connectivity index (χ4n) is 1.81. The lowest BCUT2D eigenvalue weighted by Gasteiger charge is -2.09. The van der Waals surface area contributed by atoms with Gasteiger partial charge in [0.05, 0.1) is 18.5 Å². The molecule has 0 aliphatic heterocycles. The van der Waals surface area contributed by atoms with Crippen molar-refractivity contribution >= 4 is 17.4 Å². The Morgan fingerprint density at radius 3 is 2.53 bits per heavy atom. The van der Waals surface area contributed by atoms with Gasteiger partial charge in [-0.25, -0.2) is 0 Å². The molecule has 0 unspecified atom stereocenters. The molecule has 2 aromatic rings. The number of anilines is 1. The zero-order chi connectivity index (χ0) is 13.8. The molecule has 19 heavy (non-hydrogen) atoms. The van der Waals surface area contributed by atoms with Gasteiger partial charge in [0.2, 0.25) is 0 Å². The summed E-state index contributed by atoms with van der Waals surface area (Å²) < 4.78 is 5.15. The van der Waals surface area contributed by atoms with Crippen LogP contribution < -0.4 is 10.5 Å². The van der Waals surface area contributed by atoms with Gasteiger partial charge < -0.3 is 10.5 Å². The second-order valence-electron chi connectivity index (χ2n) is 4.40. The lowest BCUT2D eigenvalue weighted by atomic mass is 10.2. The number of nitrogens with two attached hydrogens (primary N) is 1. The van der Waals surface area contributed by atoms with E-state index in [1.54, 1.807) is 18.9 Å². The van der Waals surface area contributed by atoms with Crippen molar-refractivity contribution < 1.29 is 4.74 Å². The molecular weight excluding hydrogens is 256 g/mol. The molecule has 0 amide bonds. The number of rotatable bonds is 4. The van der Waals surface area contributed by atoms with Crippen molar-refractivity contribution in [1.29, 1.82) is 0 Å². The summed E-state index contributed by atoms with van der Waals surface area (Å²) in [7, 11) is 1.67. The molecule has 0 radical (unpaired) electrons. The van der Waals surface area contributed by atoms with Crippen LogP contribution in [0.5, 0.6) is 5.75 Å².